The van der Waals surface area contributed by atoms with Gasteiger partial charge in [-0.3, -0.25) is 0 Å². The van der Waals surface area contributed by atoms with Gasteiger partial charge in [0, 0.05) is 41.9 Å². The van der Waals surface area contributed by atoms with E-state index < -0.39 is 0 Å². The first kappa shape index (κ1) is 28.5. The number of fused-ring (bicyclic) bond motifs is 4. The minimum Gasteiger partial charge on any atom is -0.208 e. The molecule has 0 spiro atoms. The summed E-state index contributed by atoms with van der Waals surface area (Å²) < 4.78 is 2.31. The van der Waals surface area contributed by atoms with Crippen LogP contribution in [0, 0.1) is 0 Å². The van der Waals surface area contributed by atoms with Crippen LogP contribution in [0.2, 0.25) is 5.02 Å². The zero-order valence-corrected chi connectivity index (χ0v) is 27.2. The van der Waals surface area contributed by atoms with Gasteiger partial charge in [-0.05, 0) is 57.3 Å². The molecule has 9 aromatic rings. The van der Waals surface area contributed by atoms with Crippen LogP contribution in [0.5, 0.6) is 0 Å². The Balaban J connectivity index is 1.24. The Morgan fingerprint density at radius 2 is 0.854 bits per heavy atom. The molecule has 0 saturated heterocycles. The molecule has 0 aliphatic heterocycles. The lowest BCUT2D eigenvalue weighted by Crippen LogP contribution is -2.00. The highest BCUT2D eigenvalue weighted by atomic mass is 35.5. The van der Waals surface area contributed by atoms with Crippen molar-refractivity contribution in [3.8, 4) is 56.4 Å². The molecule has 0 aliphatic rings. The van der Waals surface area contributed by atoms with Gasteiger partial charge in [0.1, 0.15) is 0 Å². The van der Waals surface area contributed by atoms with E-state index in [2.05, 4.69) is 133 Å². The normalized spacial score (nSPS) is 11.4. The van der Waals surface area contributed by atoms with Gasteiger partial charge in [-0.1, -0.05) is 145 Å². The highest BCUT2D eigenvalue weighted by molar-refractivity contribution is 7.26. The summed E-state index contributed by atoms with van der Waals surface area (Å²) in [6, 6.07) is 54.6. The Bertz CT molecular complexity index is 2500. The first-order valence-corrected chi connectivity index (χ1v) is 17.0. The Hall–Kier alpha value is -5.68. The van der Waals surface area contributed by atoms with Crippen molar-refractivity contribution >= 4 is 53.9 Å². The van der Waals surface area contributed by atoms with Crippen molar-refractivity contribution in [2.45, 2.75) is 0 Å². The summed E-state index contributed by atoms with van der Waals surface area (Å²) in [5.41, 5.74) is 7.33. The van der Waals surface area contributed by atoms with E-state index in [1.54, 1.807) is 11.3 Å². The Morgan fingerprint density at radius 1 is 0.396 bits per heavy atom. The van der Waals surface area contributed by atoms with E-state index in [9.17, 15) is 0 Å². The molecule has 3 nitrogen and oxygen atoms in total. The van der Waals surface area contributed by atoms with Gasteiger partial charge in [-0.15, -0.1) is 11.3 Å². The van der Waals surface area contributed by atoms with E-state index in [0.717, 1.165) is 49.0 Å². The molecule has 0 unspecified atom stereocenters. The number of hydrogen-bond donors (Lipinski definition) is 0. The SMILES string of the molecule is Clc1cc(-c2nc(-c3ccc(-c4ccccc4)cc3)nc(-c3ccc(-c4ccccc4)cc3)n2)c2c(c1)sc1cc3ccccc3cc12. The van der Waals surface area contributed by atoms with Gasteiger partial charge in [-0.25, -0.2) is 15.0 Å². The van der Waals surface area contributed by atoms with E-state index >= 15 is 0 Å². The van der Waals surface area contributed by atoms with Crippen molar-refractivity contribution in [3.05, 3.63) is 163 Å². The second-order valence-electron chi connectivity index (χ2n) is 11.8. The minimum absolute atomic E-state index is 0.592. The molecule has 5 heteroatoms. The van der Waals surface area contributed by atoms with Gasteiger partial charge < -0.3 is 0 Å². The molecule has 0 bridgehead atoms. The average Bonchev–Trinajstić information content (AvgIpc) is 3.51. The van der Waals surface area contributed by atoms with Gasteiger partial charge in [-0.2, -0.15) is 0 Å². The van der Waals surface area contributed by atoms with Gasteiger partial charge in [0.2, 0.25) is 0 Å². The quantitative estimate of drug-likeness (QED) is 0.186. The fraction of sp³-hybridized carbons (Fsp3) is 0. The summed E-state index contributed by atoms with van der Waals surface area (Å²) in [6.07, 6.45) is 0. The summed E-state index contributed by atoms with van der Waals surface area (Å²) in [7, 11) is 0. The number of nitrogens with zero attached hydrogens (tertiary/aromatic N) is 3. The Kier molecular flexibility index (Phi) is 7.04. The molecule has 48 heavy (non-hydrogen) atoms. The van der Waals surface area contributed by atoms with Crippen LogP contribution < -0.4 is 0 Å². The zero-order chi connectivity index (χ0) is 32.0. The Morgan fingerprint density at radius 3 is 1.42 bits per heavy atom. The molecule has 9 rings (SSSR count). The smallest absolute Gasteiger partial charge is 0.164 e. The van der Waals surface area contributed by atoms with Crippen molar-refractivity contribution in [1.29, 1.82) is 0 Å². The van der Waals surface area contributed by atoms with Crippen LogP contribution in [0.25, 0.3) is 87.4 Å². The molecule has 0 aliphatic carbocycles. The third-order valence-corrected chi connectivity index (χ3v) is 10.1. The minimum atomic E-state index is 0.592. The fourth-order valence-corrected chi connectivity index (χ4v) is 7.86. The highest BCUT2D eigenvalue weighted by Crippen LogP contribution is 2.43. The lowest BCUT2D eigenvalue weighted by atomic mass is 10.0. The Labute approximate surface area is 286 Å². The molecule has 0 radical (unpaired) electrons. The van der Waals surface area contributed by atoms with Crippen LogP contribution in [0.15, 0.2) is 158 Å². The predicted octanol–water partition coefficient (Wildman–Crippen LogP) is 12.4. The lowest BCUT2D eigenvalue weighted by molar-refractivity contribution is 1.08. The third-order valence-electron chi connectivity index (χ3n) is 8.78. The molecule has 0 saturated carbocycles. The van der Waals surface area contributed by atoms with E-state index in [-0.39, 0.29) is 0 Å². The van der Waals surface area contributed by atoms with Crippen molar-refractivity contribution in [1.82, 2.24) is 15.0 Å². The standard InChI is InChI=1S/C43H26ClN3S/c44-35-25-37(40-36-23-33-13-7-8-14-34(33)24-38(36)48-39(40)26-35)43-46-41(31-19-15-29(16-20-31)27-9-3-1-4-10-27)45-42(47-43)32-21-17-30(18-22-32)28-11-5-2-6-12-28/h1-26H. The van der Waals surface area contributed by atoms with Crippen LogP contribution in [0.4, 0.5) is 0 Å². The topological polar surface area (TPSA) is 38.7 Å². The van der Waals surface area contributed by atoms with Crippen molar-refractivity contribution in [3.63, 3.8) is 0 Å². The van der Waals surface area contributed by atoms with Crippen LogP contribution >= 0.6 is 22.9 Å². The van der Waals surface area contributed by atoms with E-state index in [1.807, 2.05) is 24.3 Å². The maximum atomic E-state index is 6.81. The molecule has 2 aromatic heterocycles. The maximum absolute atomic E-state index is 6.81. The summed E-state index contributed by atoms with van der Waals surface area (Å²) in [6.45, 7) is 0. The van der Waals surface area contributed by atoms with Gasteiger partial charge >= 0.3 is 0 Å². The fourth-order valence-electron chi connectivity index (χ4n) is 6.37. The van der Waals surface area contributed by atoms with E-state index in [4.69, 9.17) is 26.6 Å². The molecule has 7 aromatic carbocycles. The van der Waals surface area contributed by atoms with Crippen LogP contribution in [0.1, 0.15) is 0 Å². The van der Waals surface area contributed by atoms with E-state index in [1.165, 1.54) is 20.9 Å². The number of benzene rings is 7. The highest BCUT2D eigenvalue weighted by Gasteiger charge is 2.19. The van der Waals surface area contributed by atoms with Crippen LogP contribution in [-0.4, -0.2) is 15.0 Å². The molecule has 0 atom stereocenters. The van der Waals surface area contributed by atoms with Gasteiger partial charge in [0.15, 0.2) is 17.5 Å². The zero-order valence-electron chi connectivity index (χ0n) is 25.6. The molecule has 2 heterocycles. The van der Waals surface area contributed by atoms with Gasteiger partial charge in [0.25, 0.3) is 0 Å². The first-order valence-electron chi connectivity index (χ1n) is 15.8. The monoisotopic (exact) mass is 651 g/mol. The van der Waals surface area contributed by atoms with Crippen LogP contribution in [-0.2, 0) is 0 Å². The van der Waals surface area contributed by atoms with Crippen molar-refractivity contribution in [2.75, 3.05) is 0 Å². The molecular formula is C43H26ClN3S. The predicted molar refractivity (Wildman–Crippen MR) is 202 cm³/mol. The summed E-state index contributed by atoms with van der Waals surface area (Å²) in [4.78, 5) is 15.3. The summed E-state index contributed by atoms with van der Waals surface area (Å²) in [5, 5.41) is 5.33. The lowest BCUT2D eigenvalue weighted by Gasteiger charge is -2.11. The molecular weight excluding hydrogens is 626 g/mol. The number of hydrogen-bond acceptors (Lipinski definition) is 4. The van der Waals surface area contributed by atoms with Gasteiger partial charge in [0.05, 0.1) is 0 Å². The maximum Gasteiger partial charge on any atom is 0.164 e. The molecule has 0 fully saturated rings. The molecule has 0 amide bonds. The average molecular weight is 652 g/mol. The summed E-state index contributed by atoms with van der Waals surface area (Å²) >= 11 is 8.55. The van der Waals surface area contributed by atoms with Crippen LogP contribution in [0.3, 0.4) is 0 Å². The number of aromatic nitrogens is 3. The second kappa shape index (κ2) is 11.8. The van der Waals surface area contributed by atoms with Crippen molar-refractivity contribution in [2.24, 2.45) is 0 Å². The number of thiophene rings is 1. The third kappa shape index (κ3) is 5.22. The first-order chi connectivity index (χ1) is 23.7. The second-order valence-corrected chi connectivity index (χ2v) is 13.3. The molecule has 0 N–H and O–H groups in total. The van der Waals surface area contributed by atoms with E-state index in [0.29, 0.717) is 22.5 Å². The largest absolute Gasteiger partial charge is 0.208 e. The molecule has 226 valence electrons. The van der Waals surface area contributed by atoms with Crippen molar-refractivity contribution < 1.29 is 0 Å². The summed E-state index contributed by atoms with van der Waals surface area (Å²) in [5.74, 6) is 1.81. The number of rotatable bonds is 5. The number of halogens is 1.